The molecular weight excluding hydrogens is 162 g/mol. The minimum Gasteiger partial charge on any atom is -0.381 e. The Kier molecular flexibility index (Phi) is 1.97. The van der Waals surface area contributed by atoms with Crippen molar-refractivity contribution in [3.8, 4) is 0 Å². The summed E-state index contributed by atoms with van der Waals surface area (Å²) < 4.78 is 5.36. The summed E-state index contributed by atoms with van der Waals surface area (Å²) in [7, 11) is 3.88. The zero-order valence-corrected chi connectivity index (χ0v) is 9.18. The molecule has 0 aromatic carbocycles. The Bertz CT molecular complexity index is 206. The maximum Gasteiger partial charge on any atom is 0.0582 e. The van der Waals surface area contributed by atoms with Crippen LogP contribution in [0.3, 0.4) is 0 Å². The smallest absolute Gasteiger partial charge is 0.0582 e. The molecule has 2 heteroatoms. The molecule has 1 atom stereocenters. The number of nitrogens with one attached hydrogen (secondary N) is 1. The first-order valence-electron chi connectivity index (χ1n) is 5.26. The molecule has 0 bridgehead atoms. The average molecular weight is 183 g/mol. The predicted molar refractivity (Wildman–Crippen MR) is 53.7 cm³/mol. The Morgan fingerprint density at radius 2 is 2.00 bits per heavy atom. The third-order valence-electron chi connectivity index (χ3n) is 4.66. The lowest BCUT2D eigenvalue weighted by atomic mass is 9.73. The second kappa shape index (κ2) is 2.71. The van der Waals surface area contributed by atoms with Crippen LogP contribution in [0.4, 0.5) is 0 Å². The highest BCUT2D eigenvalue weighted by molar-refractivity contribution is 5.23. The van der Waals surface area contributed by atoms with Crippen LogP contribution in [0.15, 0.2) is 0 Å². The van der Waals surface area contributed by atoms with Crippen LogP contribution >= 0.6 is 0 Å². The van der Waals surface area contributed by atoms with Gasteiger partial charge < -0.3 is 10.1 Å². The van der Waals surface area contributed by atoms with Crippen LogP contribution in [0, 0.1) is 16.7 Å². The van der Waals surface area contributed by atoms with Crippen molar-refractivity contribution in [1.29, 1.82) is 0 Å². The lowest BCUT2D eigenvalue weighted by molar-refractivity contribution is -0.0289. The van der Waals surface area contributed by atoms with Crippen molar-refractivity contribution in [2.75, 3.05) is 20.7 Å². The van der Waals surface area contributed by atoms with E-state index in [4.69, 9.17) is 4.74 Å². The highest BCUT2D eigenvalue weighted by Crippen LogP contribution is 2.77. The number of methoxy groups -OCH3 is 1. The third kappa shape index (κ3) is 1.02. The molecule has 13 heavy (non-hydrogen) atoms. The number of hydrogen-bond donors (Lipinski definition) is 1. The number of ether oxygens (including phenoxy) is 1. The largest absolute Gasteiger partial charge is 0.381 e. The maximum atomic E-state index is 5.36. The second-order valence-electron chi connectivity index (χ2n) is 5.25. The minimum absolute atomic E-state index is 0.543. The standard InChI is InChI=1S/C11H21NO/c1-10(2)9(7-12-3)11(10)5-8(6-11)13-4/h8-9,12H,5-7H2,1-4H3. The fraction of sp³-hybridized carbons (Fsp3) is 1.00. The summed E-state index contributed by atoms with van der Waals surface area (Å²) in [6, 6.07) is 0. The van der Waals surface area contributed by atoms with Gasteiger partial charge in [-0.3, -0.25) is 0 Å². The summed E-state index contributed by atoms with van der Waals surface area (Å²) in [5, 5.41) is 3.30. The van der Waals surface area contributed by atoms with Gasteiger partial charge in [-0.2, -0.15) is 0 Å². The van der Waals surface area contributed by atoms with Gasteiger partial charge in [0.05, 0.1) is 6.10 Å². The molecular formula is C11H21NO. The van der Waals surface area contributed by atoms with Gasteiger partial charge in [-0.05, 0) is 43.2 Å². The van der Waals surface area contributed by atoms with Crippen molar-refractivity contribution in [1.82, 2.24) is 5.32 Å². The highest BCUT2D eigenvalue weighted by Gasteiger charge is 2.74. The summed E-state index contributed by atoms with van der Waals surface area (Å²) in [6.07, 6.45) is 3.10. The first kappa shape index (κ1) is 9.47. The van der Waals surface area contributed by atoms with E-state index < -0.39 is 0 Å². The monoisotopic (exact) mass is 183 g/mol. The van der Waals surface area contributed by atoms with Crippen LogP contribution in [0.2, 0.25) is 0 Å². The first-order chi connectivity index (χ1) is 6.08. The van der Waals surface area contributed by atoms with E-state index in [0.29, 0.717) is 16.9 Å². The van der Waals surface area contributed by atoms with E-state index in [9.17, 15) is 0 Å². The molecule has 0 aliphatic heterocycles. The molecule has 0 amide bonds. The Labute approximate surface area is 81.0 Å². The molecule has 2 aliphatic carbocycles. The van der Waals surface area contributed by atoms with Gasteiger partial charge in [0.1, 0.15) is 0 Å². The summed E-state index contributed by atoms with van der Waals surface area (Å²) in [6.45, 7) is 5.98. The Balaban J connectivity index is 1.96. The van der Waals surface area contributed by atoms with Crippen LogP contribution in [0.5, 0.6) is 0 Å². The van der Waals surface area contributed by atoms with Crippen molar-refractivity contribution >= 4 is 0 Å². The lowest BCUT2D eigenvalue weighted by Crippen LogP contribution is -2.36. The van der Waals surface area contributed by atoms with E-state index in [0.717, 1.165) is 5.92 Å². The molecule has 2 saturated carbocycles. The van der Waals surface area contributed by atoms with Gasteiger partial charge in [-0.25, -0.2) is 0 Å². The van der Waals surface area contributed by atoms with E-state index >= 15 is 0 Å². The molecule has 2 aliphatic rings. The summed E-state index contributed by atoms with van der Waals surface area (Å²) in [5.74, 6) is 0.872. The lowest BCUT2D eigenvalue weighted by Gasteiger charge is -2.38. The van der Waals surface area contributed by atoms with Crippen LogP contribution in [-0.4, -0.2) is 26.8 Å². The van der Waals surface area contributed by atoms with Gasteiger partial charge in [-0.1, -0.05) is 13.8 Å². The molecule has 76 valence electrons. The fourth-order valence-electron chi connectivity index (χ4n) is 3.45. The zero-order chi connectivity index (χ0) is 9.69. The van der Waals surface area contributed by atoms with Crippen LogP contribution in [0.1, 0.15) is 26.7 Å². The molecule has 2 nitrogen and oxygen atoms in total. The molecule has 0 heterocycles. The maximum absolute atomic E-state index is 5.36. The molecule has 1 N–H and O–H groups in total. The fourth-order valence-corrected chi connectivity index (χ4v) is 3.45. The normalized spacial score (nSPS) is 46.2. The summed E-state index contributed by atoms with van der Waals surface area (Å²) in [5.41, 5.74) is 1.17. The average Bonchev–Trinajstić information content (AvgIpc) is 2.46. The van der Waals surface area contributed by atoms with E-state index in [1.807, 2.05) is 7.11 Å². The van der Waals surface area contributed by atoms with Crippen molar-refractivity contribution in [3.05, 3.63) is 0 Å². The van der Waals surface area contributed by atoms with E-state index in [2.05, 4.69) is 26.2 Å². The molecule has 0 aromatic rings. The van der Waals surface area contributed by atoms with Crippen molar-refractivity contribution in [2.24, 2.45) is 16.7 Å². The van der Waals surface area contributed by atoms with Gasteiger partial charge in [0.25, 0.3) is 0 Å². The summed E-state index contributed by atoms with van der Waals surface area (Å²) >= 11 is 0. The molecule has 0 radical (unpaired) electrons. The quantitative estimate of drug-likeness (QED) is 0.718. The van der Waals surface area contributed by atoms with Crippen LogP contribution < -0.4 is 5.32 Å². The van der Waals surface area contributed by atoms with E-state index in [1.54, 1.807) is 0 Å². The Morgan fingerprint density at radius 1 is 1.38 bits per heavy atom. The minimum atomic E-state index is 0.543. The van der Waals surface area contributed by atoms with Gasteiger partial charge in [0.2, 0.25) is 0 Å². The van der Waals surface area contributed by atoms with E-state index in [1.165, 1.54) is 19.4 Å². The van der Waals surface area contributed by atoms with Gasteiger partial charge in [0.15, 0.2) is 0 Å². The predicted octanol–water partition coefficient (Wildman–Crippen LogP) is 1.66. The molecule has 0 saturated heterocycles. The van der Waals surface area contributed by atoms with Gasteiger partial charge in [0, 0.05) is 7.11 Å². The molecule has 0 aromatic heterocycles. The van der Waals surface area contributed by atoms with Crippen molar-refractivity contribution < 1.29 is 4.74 Å². The van der Waals surface area contributed by atoms with Gasteiger partial charge >= 0.3 is 0 Å². The number of rotatable bonds is 3. The molecule has 1 unspecified atom stereocenters. The molecule has 1 spiro atoms. The van der Waals surface area contributed by atoms with E-state index in [-0.39, 0.29) is 0 Å². The topological polar surface area (TPSA) is 21.3 Å². The first-order valence-corrected chi connectivity index (χ1v) is 5.26. The van der Waals surface area contributed by atoms with Crippen LogP contribution in [-0.2, 0) is 4.74 Å². The summed E-state index contributed by atoms with van der Waals surface area (Å²) in [4.78, 5) is 0. The third-order valence-corrected chi connectivity index (χ3v) is 4.66. The Morgan fingerprint density at radius 3 is 2.46 bits per heavy atom. The van der Waals surface area contributed by atoms with Gasteiger partial charge in [-0.15, -0.1) is 0 Å². The Hall–Kier alpha value is -0.0800. The highest BCUT2D eigenvalue weighted by atomic mass is 16.5. The van der Waals surface area contributed by atoms with Crippen molar-refractivity contribution in [2.45, 2.75) is 32.8 Å². The van der Waals surface area contributed by atoms with Crippen molar-refractivity contribution in [3.63, 3.8) is 0 Å². The zero-order valence-electron chi connectivity index (χ0n) is 9.18. The number of hydrogen-bond acceptors (Lipinski definition) is 2. The molecule has 2 rings (SSSR count). The van der Waals surface area contributed by atoms with Crippen LogP contribution in [0.25, 0.3) is 0 Å². The SMILES string of the molecule is CNCC1C(C)(C)C12CC(OC)C2. The second-order valence-corrected chi connectivity index (χ2v) is 5.25. The molecule has 2 fully saturated rings.